The van der Waals surface area contributed by atoms with Crippen molar-refractivity contribution in [3.05, 3.63) is 70.3 Å². The van der Waals surface area contributed by atoms with Crippen LogP contribution in [0.2, 0.25) is 5.02 Å². The highest BCUT2D eigenvalue weighted by molar-refractivity contribution is 6.30. The number of aryl methyl sites for hydroxylation is 2. The first kappa shape index (κ1) is 18.9. The number of halogens is 1. The zero-order chi connectivity index (χ0) is 19.2. The Labute approximate surface area is 163 Å². The maximum Gasteiger partial charge on any atom is 0.249 e. The smallest absolute Gasteiger partial charge is 0.249 e. The van der Waals surface area contributed by atoms with Gasteiger partial charge in [-0.3, -0.25) is 4.79 Å². The first-order chi connectivity index (χ1) is 13.1. The van der Waals surface area contributed by atoms with Gasteiger partial charge in [-0.2, -0.15) is 0 Å². The molecule has 1 amide bonds. The lowest BCUT2D eigenvalue weighted by molar-refractivity contribution is -0.111. The molecule has 2 aromatic carbocycles. The van der Waals surface area contributed by atoms with Crippen molar-refractivity contribution in [3.8, 4) is 11.3 Å². The minimum absolute atomic E-state index is 0.309. The second-order valence-electron chi connectivity index (χ2n) is 6.03. The van der Waals surface area contributed by atoms with Crippen molar-refractivity contribution in [3.63, 3.8) is 0 Å². The summed E-state index contributed by atoms with van der Waals surface area (Å²) in [6, 6.07) is 13.4. The Morgan fingerprint density at radius 1 is 1.11 bits per heavy atom. The van der Waals surface area contributed by atoms with Crippen molar-refractivity contribution in [1.82, 2.24) is 10.3 Å². The topological polar surface area (TPSA) is 68.0 Å². The van der Waals surface area contributed by atoms with Gasteiger partial charge in [0.1, 0.15) is 0 Å². The molecule has 0 bridgehead atoms. The first-order valence-corrected chi connectivity index (χ1v) is 9.17. The van der Waals surface area contributed by atoms with Crippen LogP contribution in [0.1, 0.15) is 30.5 Å². The molecule has 0 radical (unpaired) electrons. The zero-order valence-corrected chi connectivity index (χ0v) is 16.0. The number of nitrogens with zero attached hydrogens (tertiary/aromatic N) is 2. The first-order valence-electron chi connectivity index (χ1n) is 8.80. The normalized spacial score (nSPS) is 11.1. The van der Waals surface area contributed by atoms with Crippen LogP contribution in [-0.4, -0.2) is 16.2 Å². The molecule has 1 aromatic heterocycles. The Morgan fingerprint density at radius 2 is 1.89 bits per heavy atom. The molecule has 0 saturated heterocycles. The monoisotopic (exact) mass is 381 g/mol. The molecule has 138 valence electrons. The third-order valence-electron chi connectivity index (χ3n) is 4.25. The van der Waals surface area contributed by atoms with Crippen LogP contribution in [0.5, 0.6) is 0 Å². The van der Waals surface area contributed by atoms with Crippen LogP contribution in [0.25, 0.3) is 17.3 Å². The van der Waals surface area contributed by atoms with Crippen LogP contribution in [0.4, 0.5) is 5.82 Å². The molecule has 3 aromatic rings. The minimum atomic E-state index is -0.313. The van der Waals surface area contributed by atoms with Crippen molar-refractivity contribution < 1.29 is 9.42 Å². The number of carbonyl (C=O) groups is 1. The lowest BCUT2D eigenvalue weighted by Crippen LogP contribution is -2.09. The number of aromatic nitrogens is 2. The van der Waals surface area contributed by atoms with Crippen molar-refractivity contribution >= 4 is 29.4 Å². The third kappa shape index (κ3) is 4.63. The van der Waals surface area contributed by atoms with Crippen LogP contribution in [0, 0.1) is 0 Å². The molecular formula is C21H20ClN3O2. The molecule has 6 heteroatoms. The predicted octanol–water partition coefficient (Wildman–Crippen LogP) is 5.17. The molecule has 0 unspecified atom stereocenters. The Morgan fingerprint density at radius 3 is 2.59 bits per heavy atom. The van der Waals surface area contributed by atoms with Gasteiger partial charge in [0.15, 0.2) is 5.69 Å². The number of hydrogen-bond donors (Lipinski definition) is 1. The van der Waals surface area contributed by atoms with E-state index in [1.807, 2.05) is 12.1 Å². The summed E-state index contributed by atoms with van der Waals surface area (Å²) in [7, 11) is 0. The maximum absolute atomic E-state index is 12.3. The van der Waals surface area contributed by atoms with Gasteiger partial charge < -0.3 is 5.32 Å². The van der Waals surface area contributed by atoms with E-state index in [-0.39, 0.29) is 5.91 Å². The summed E-state index contributed by atoms with van der Waals surface area (Å²) in [6.45, 7) is 4.17. The van der Waals surface area contributed by atoms with Gasteiger partial charge in [0.25, 0.3) is 0 Å². The number of hydrogen-bond acceptors (Lipinski definition) is 4. The van der Waals surface area contributed by atoms with Crippen molar-refractivity contribution in [2.45, 2.75) is 26.7 Å². The summed E-state index contributed by atoms with van der Waals surface area (Å²) in [6.07, 6.45) is 4.89. The highest BCUT2D eigenvalue weighted by Crippen LogP contribution is 2.29. The van der Waals surface area contributed by atoms with Crippen molar-refractivity contribution in [2.75, 3.05) is 5.32 Å². The predicted molar refractivity (Wildman–Crippen MR) is 108 cm³/mol. The van der Waals surface area contributed by atoms with Gasteiger partial charge in [-0.1, -0.05) is 49.7 Å². The molecule has 0 fully saturated rings. The van der Waals surface area contributed by atoms with Gasteiger partial charge >= 0.3 is 0 Å². The number of anilines is 1. The van der Waals surface area contributed by atoms with Gasteiger partial charge in [0, 0.05) is 16.7 Å². The van der Waals surface area contributed by atoms with Crippen LogP contribution in [-0.2, 0) is 17.6 Å². The van der Waals surface area contributed by atoms with E-state index in [0.717, 1.165) is 29.5 Å². The minimum Gasteiger partial charge on any atom is -0.302 e. The van der Waals surface area contributed by atoms with E-state index in [1.54, 1.807) is 18.2 Å². The van der Waals surface area contributed by atoms with Crippen LogP contribution >= 0.6 is 11.6 Å². The van der Waals surface area contributed by atoms with Gasteiger partial charge in [-0.05, 0) is 64.1 Å². The van der Waals surface area contributed by atoms with E-state index < -0.39 is 0 Å². The Kier molecular flexibility index (Phi) is 6.04. The van der Waals surface area contributed by atoms with Crippen LogP contribution < -0.4 is 5.32 Å². The molecule has 0 spiro atoms. The van der Waals surface area contributed by atoms with Gasteiger partial charge in [0.2, 0.25) is 11.7 Å². The van der Waals surface area contributed by atoms with Gasteiger partial charge in [-0.15, -0.1) is 0 Å². The molecule has 1 N–H and O–H groups in total. The summed E-state index contributed by atoms with van der Waals surface area (Å²) in [5.74, 6) is -0.00435. The summed E-state index contributed by atoms with van der Waals surface area (Å²) in [5.41, 5.74) is 4.64. The number of carbonyl (C=O) groups excluding carboxylic acids is 1. The third-order valence-corrected chi connectivity index (χ3v) is 4.50. The lowest BCUT2D eigenvalue weighted by atomic mass is 9.98. The van der Waals surface area contributed by atoms with E-state index in [1.165, 1.54) is 11.6 Å². The largest absolute Gasteiger partial charge is 0.302 e. The number of nitrogens with one attached hydrogen (secondary N) is 1. The Hall–Kier alpha value is -2.92. The fourth-order valence-corrected chi connectivity index (χ4v) is 2.85. The number of benzene rings is 2. The Balaban J connectivity index is 1.81. The fourth-order valence-electron chi connectivity index (χ4n) is 2.72. The molecule has 1 heterocycles. The SMILES string of the molecule is CCc1ccc(CC)c(-c2nonc2NC(=O)/C=C/c2ccc(Cl)cc2)c1. The number of amides is 1. The van der Waals surface area contributed by atoms with Gasteiger partial charge in [-0.25, -0.2) is 4.63 Å². The van der Waals surface area contributed by atoms with E-state index in [9.17, 15) is 4.79 Å². The number of rotatable bonds is 6. The van der Waals surface area contributed by atoms with E-state index >= 15 is 0 Å². The highest BCUT2D eigenvalue weighted by Gasteiger charge is 2.17. The standard InChI is InChI=1S/C21H20ClN3O2/c1-3-14-5-9-16(4-2)18(13-14)20-21(25-27-24-20)23-19(26)12-8-15-6-10-17(22)11-7-15/h5-13H,3-4H2,1-2H3,(H,23,25,26)/b12-8+. The molecule has 0 atom stereocenters. The van der Waals surface area contributed by atoms with Crippen LogP contribution in [0.15, 0.2) is 53.2 Å². The highest BCUT2D eigenvalue weighted by atomic mass is 35.5. The summed E-state index contributed by atoms with van der Waals surface area (Å²) >= 11 is 5.86. The zero-order valence-electron chi connectivity index (χ0n) is 15.2. The van der Waals surface area contributed by atoms with Gasteiger partial charge in [0.05, 0.1) is 0 Å². The fraction of sp³-hybridized carbons (Fsp3) is 0.190. The van der Waals surface area contributed by atoms with Crippen molar-refractivity contribution in [2.24, 2.45) is 0 Å². The Bertz CT molecular complexity index is 962. The van der Waals surface area contributed by atoms with E-state index in [0.29, 0.717) is 16.5 Å². The molecule has 5 nitrogen and oxygen atoms in total. The molecule has 0 aliphatic carbocycles. The maximum atomic E-state index is 12.3. The van der Waals surface area contributed by atoms with E-state index in [4.69, 9.17) is 16.2 Å². The average Bonchev–Trinajstić information content (AvgIpc) is 3.14. The summed E-state index contributed by atoms with van der Waals surface area (Å²) in [4.78, 5) is 12.3. The lowest BCUT2D eigenvalue weighted by Gasteiger charge is -2.08. The summed E-state index contributed by atoms with van der Waals surface area (Å²) in [5, 5.41) is 11.3. The molecule has 27 heavy (non-hydrogen) atoms. The van der Waals surface area contributed by atoms with Crippen LogP contribution in [0.3, 0.4) is 0 Å². The average molecular weight is 382 g/mol. The van der Waals surface area contributed by atoms with Crippen molar-refractivity contribution in [1.29, 1.82) is 0 Å². The second-order valence-corrected chi connectivity index (χ2v) is 6.47. The molecular weight excluding hydrogens is 362 g/mol. The second kappa shape index (κ2) is 8.64. The molecule has 3 rings (SSSR count). The molecule has 0 aliphatic heterocycles. The summed E-state index contributed by atoms with van der Waals surface area (Å²) < 4.78 is 4.90. The molecule has 0 saturated carbocycles. The quantitative estimate of drug-likeness (QED) is 0.598. The van der Waals surface area contributed by atoms with E-state index in [2.05, 4.69) is 47.7 Å². The molecule has 0 aliphatic rings.